The normalized spacial score (nSPS) is 13.9. The van der Waals surface area contributed by atoms with Crippen LogP contribution in [-0.2, 0) is 0 Å². The van der Waals surface area contributed by atoms with E-state index in [1.54, 1.807) is 6.07 Å². The van der Waals surface area contributed by atoms with Crippen LogP contribution in [0, 0.1) is 21.0 Å². The van der Waals surface area contributed by atoms with E-state index in [2.05, 4.69) is 5.32 Å². The van der Waals surface area contributed by atoms with Crippen LogP contribution in [0.25, 0.3) is 0 Å². The minimum Gasteiger partial charge on any atom is -0.352 e. The van der Waals surface area contributed by atoms with Gasteiger partial charge in [-0.2, -0.15) is 0 Å². The smallest absolute Gasteiger partial charge is 0.256 e. The summed E-state index contributed by atoms with van der Waals surface area (Å²) >= 11 is 1.95. The number of anilines is 2. The van der Waals surface area contributed by atoms with E-state index in [1.807, 2.05) is 22.6 Å². The van der Waals surface area contributed by atoms with Crippen LogP contribution in [0.15, 0.2) is 30.3 Å². The lowest BCUT2D eigenvalue weighted by Gasteiger charge is -2.37. The number of likely N-dealkylation sites (tertiary alicyclic amines) is 1. The predicted molar refractivity (Wildman–Crippen MR) is 99.9 cm³/mol. The molecule has 1 amide bonds. The molecule has 0 saturated carbocycles. The van der Waals surface area contributed by atoms with Crippen molar-refractivity contribution in [2.24, 2.45) is 5.73 Å². The lowest BCUT2D eigenvalue weighted by Crippen LogP contribution is -2.57. The van der Waals surface area contributed by atoms with E-state index < -0.39 is 23.4 Å². The van der Waals surface area contributed by atoms with E-state index in [0.717, 1.165) is 12.1 Å². The second kappa shape index (κ2) is 7.79. The Morgan fingerprint density at radius 3 is 2.32 bits per heavy atom. The summed E-state index contributed by atoms with van der Waals surface area (Å²) in [6.07, 6.45) is 0. The number of halogens is 5. The van der Waals surface area contributed by atoms with Gasteiger partial charge in [-0.15, -0.1) is 12.4 Å². The maximum absolute atomic E-state index is 14.0. The first-order chi connectivity index (χ1) is 11.3. The summed E-state index contributed by atoms with van der Waals surface area (Å²) in [6.45, 7) is 0.685. The summed E-state index contributed by atoms with van der Waals surface area (Å²) in [5, 5.41) is 2.67. The first-order valence-electron chi connectivity index (χ1n) is 7.11. The Labute approximate surface area is 162 Å². The molecular formula is C16H14ClF3IN3O. The van der Waals surface area contributed by atoms with Gasteiger partial charge in [0.25, 0.3) is 5.91 Å². The Hall–Kier alpha value is -1.52. The molecule has 0 bridgehead atoms. The van der Waals surface area contributed by atoms with Gasteiger partial charge < -0.3 is 16.0 Å². The van der Waals surface area contributed by atoms with Gasteiger partial charge in [0.2, 0.25) is 0 Å². The number of benzene rings is 2. The molecule has 3 N–H and O–H groups in total. The molecule has 2 aromatic rings. The molecular weight excluding hydrogens is 470 g/mol. The van der Waals surface area contributed by atoms with Gasteiger partial charge in [0.15, 0.2) is 11.6 Å². The predicted octanol–water partition coefficient (Wildman–Crippen LogP) is 3.66. The Bertz CT molecular complexity index is 815. The lowest BCUT2D eigenvalue weighted by atomic mass is 10.1. The number of nitrogens with one attached hydrogen (secondary N) is 1. The average molecular weight is 484 g/mol. The van der Waals surface area contributed by atoms with Gasteiger partial charge in [0, 0.05) is 28.8 Å². The summed E-state index contributed by atoms with van der Waals surface area (Å²) < 4.78 is 41.8. The van der Waals surface area contributed by atoms with Crippen LogP contribution in [0.3, 0.4) is 0 Å². The summed E-state index contributed by atoms with van der Waals surface area (Å²) in [5.41, 5.74) is 5.63. The Morgan fingerprint density at radius 1 is 1.08 bits per heavy atom. The van der Waals surface area contributed by atoms with Crippen molar-refractivity contribution in [1.82, 2.24) is 4.90 Å². The number of nitrogens with zero attached hydrogens (tertiary/aromatic N) is 1. The van der Waals surface area contributed by atoms with Crippen molar-refractivity contribution in [3.05, 3.63) is 56.9 Å². The fourth-order valence-electron chi connectivity index (χ4n) is 2.41. The third-order valence-electron chi connectivity index (χ3n) is 3.69. The van der Waals surface area contributed by atoms with E-state index >= 15 is 0 Å². The van der Waals surface area contributed by atoms with Crippen LogP contribution >= 0.6 is 35.0 Å². The Balaban J connectivity index is 0.00000225. The number of carbonyl (C=O) groups is 1. The first kappa shape index (κ1) is 19.8. The van der Waals surface area contributed by atoms with Crippen LogP contribution in [0.5, 0.6) is 0 Å². The number of amides is 1. The molecule has 0 radical (unpaired) electrons. The Kier molecular flexibility index (Phi) is 6.17. The monoisotopic (exact) mass is 483 g/mol. The highest BCUT2D eigenvalue weighted by Crippen LogP contribution is 2.28. The zero-order chi connectivity index (χ0) is 17.4. The van der Waals surface area contributed by atoms with Gasteiger partial charge in [-0.1, -0.05) is 0 Å². The molecule has 0 unspecified atom stereocenters. The summed E-state index contributed by atoms with van der Waals surface area (Å²) in [5.74, 6) is -3.31. The van der Waals surface area contributed by atoms with E-state index in [-0.39, 0.29) is 35.4 Å². The second-order valence-corrected chi connectivity index (χ2v) is 6.78. The van der Waals surface area contributed by atoms with Crippen molar-refractivity contribution in [1.29, 1.82) is 0 Å². The molecule has 1 fully saturated rings. The lowest BCUT2D eigenvalue weighted by molar-refractivity contribution is 0.0608. The summed E-state index contributed by atoms with van der Waals surface area (Å²) in [4.78, 5) is 13.9. The van der Waals surface area contributed by atoms with E-state index in [4.69, 9.17) is 5.73 Å². The van der Waals surface area contributed by atoms with Gasteiger partial charge in [-0.25, -0.2) is 13.2 Å². The molecule has 9 heteroatoms. The number of nitrogens with two attached hydrogens (primary N) is 1. The van der Waals surface area contributed by atoms with Crippen molar-refractivity contribution in [3.63, 3.8) is 0 Å². The van der Waals surface area contributed by atoms with Crippen molar-refractivity contribution in [2.45, 2.75) is 6.04 Å². The highest BCUT2D eigenvalue weighted by atomic mass is 127. The molecule has 0 aromatic heterocycles. The van der Waals surface area contributed by atoms with Crippen molar-refractivity contribution >= 4 is 52.3 Å². The van der Waals surface area contributed by atoms with Crippen LogP contribution in [0.4, 0.5) is 24.5 Å². The molecule has 134 valence electrons. The topological polar surface area (TPSA) is 58.4 Å². The second-order valence-electron chi connectivity index (χ2n) is 5.53. The number of rotatable bonds is 3. The van der Waals surface area contributed by atoms with E-state index in [0.29, 0.717) is 16.7 Å². The molecule has 1 heterocycles. The molecule has 1 aliphatic heterocycles. The maximum atomic E-state index is 14.0. The van der Waals surface area contributed by atoms with Gasteiger partial charge in [-0.05, 0) is 46.9 Å². The first-order valence-corrected chi connectivity index (χ1v) is 8.19. The minimum atomic E-state index is -1.14. The zero-order valence-electron chi connectivity index (χ0n) is 12.7. The highest BCUT2D eigenvalue weighted by molar-refractivity contribution is 14.1. The zero-order valence-corrected chi connectivity index (χ0v) is 15.7. The Morgan fingerprint density at radius 2 is 1.72 bits per heavy atom. The van der Waals surface area contributed by atoms with Gasteiger partial charge in [0.1, 0.15) is 5.82 Å². The fraction of sp³-hybridized carbons (Fsp3) is 0.188. The van der Waals surface area contributed by atoms with Crippen LogP contribution in [0.2, 0.25) is 0 Å². The van der Waals surface area contributed by atoms with E-state index in [1.165, 1.54) is 17.0 Å². The van der Waals surface area contributed by atoms with E-state index in [9.17, 15) is 18.0 Å². The molecule has 25 heavy (non-hydrogen) atoms. The fourth-order valence-corrected chi connectivity index (χ4v) is 2.87. The molecule has 1 aliphatic rings. The van der Waals surface area contributed by atoms with Crippen LogP contribution < -0.4 is 11.1 Å². The average Bonchev–Trinajstić information content (AvgIpc) is 2.49. The highest BCUT2D eigenvalue weighted by Gasteiger charge is 2.30. The van der Waals surface area contributed by atoms with Gasteiger partial charge in [0.05, 0.1) is 16.9 Å². The van der Waals surface area contributed by atoms with Crippen molar-refractivity contribution in [3.8, 4) is 0 Å². The summed E-state index contributed by atoms with van der Waals surface area (Å²) in [6, 6.07) is 5.95. The third-order valence-corrected chi connectivity index (χ3v) is 4.36. The number of hydrogen-bond donors (Lipinski definition) is 2. The minimum absolute atomic E-state index is 0. The largest absolute Gasteiger partial charge is 0.352 e. The molecule has 2 aromatic carbocycles. The molecule has 0 atom stereocenters. The molecule has 4 nitrogen and oxygen atoms in total. The van der Waals surface area contributed by atoms with Crippen LogP contribution in [-0.4, -0.2) is 29.9 Å². The third kappa shape index (κ3) is 4.18. The molecule has 0 aliphatic carbocycles. The molecule has 0 spiro atoms. The van der Waals surface area contributed by atoms with Gasteiger partial charge in [-0.3, -0.25) is 4.79 Å². The van der Waals surface area contributed by atoms with Crippen molar-refractivity contribution in [2.75, 3.05) is 18.4 Å². The van der Waals surface area contributed by atoms with Crippen LogP contribution in [0.1, 0.15) is 10.4 Å². The maximum Gasteiger partial charge on any atom is 0.256 e. The quantitative estimate of drug-likeness (QED) is 0.656. The number of hydrogen-bond acceptors (Lipinski definition) is 3. The summed E-state index contributed by atoms with van der Waals surface area (Å²) in [7, 11) is 0. The standard InChI is InChI=1S/C16H13F3IN3O.ClH/c17-11-4-10(16(24)23-6-9(21)7-23)15(5-12(11)18)22-14-2-1-8(20)3-13(14)19;/h1-5,9,22H,6-7,21H2;1H. The SMILES string of the molecule is Cl.NC1CN(C(=O)c2cc(F)c(F)cc2Nc2ccc(I)cc2F)C1. The molecule has 1 saturated heterocycles. The number of carbonyl (C=O) groups excluding carboxylic acids is 1. The molecule has 3 rings (SSSR count). The van der Waals surface area contributed by atoms with Crippen molar-refractivity contribution < 1.29 is 18.0 Å². The van der Waals surface area contributed by atoms with Gasteiger partial charge >= 0.3 is 0 Å².